The van der Waals surface area contributed by atoms with Gasteiger partial charge in [0.05, 0.1) is 13.3 Å². The maximum absolute atomic E-state index is 13.5. The third-order valence-corrected chi connectivity index (χ3v) is 4.47. The van der Waals surface area contributed by atoms with E-state index in [0.29, 0.717) is 36.8 Å². The molecule has 0 spiro atoms. The van der Waals surface area contributed by atoms with Gasteiger partial charge in [-0.3, -0.25) is 4.79 Å². The van der Waals surface area contributed by atoms with Crippen molar-refractivity contribution < 1.29 is 13.9 Å². The molecule has 1 aliphatic heterocycles. The number of anilines is 1. The molecule has 1 aliphatic rings. The van der Waals surface area contributed by atoms with Crippen LogP contribution in [0, 0.1) is 11.7 Å². The van der Waals surface area contributed by atoms with Crippen LogP contribution in [0.5, 0.6) is 5.75 Å². The first-order valence-corrected chi connectivity index (χ1v) is 8.16. The van der Waals surface area contributed by atoms with Crippen molar-refractivity contribution in [2.45, 2.75) is 19.5 Å². The van der Waals surface area contributed by atoms with Crippen LogP contribution in [-0.2, 0) is 6.54 Å². The van der Waals surface area contributed by atoms with Crippen LogP contribution in [0.1, 0.15) is 28.9 Å². The molecule has 1 amide bonds. The predicted molar refractivity (Wildman–Crippen MR) is 92.1 cm³/mol. The second kappa shape index (κ2) is 7.10. The van der Waals surface area contributed by atoms with E-state index in [1.807, 2.05) is 6.92 Å². The number of halogens is 1. The number of benzene rings is 1. The smallest absolute Gasteiger partial charge is 0.254 e. The van der Waals surface area contributed by atoms with E-state index < -0.39 is 5.91 Å². The third kappa shape index (κ3) is 3.58. The van der Waals surface area contributed by atoms with E-state index in [-0.39, 0.29) is 17.8 Å². The molecule has 2 atom stereocenters. The number of nitrogens with one attached hydrogen (secondary N) is 2. The van der Waals surface area contributed by atoms with Crippen LogP contribution in [0.2, 0.25) is 0 Å². The van der Waals surface area contributed by atoms with Crippen molar-refractivity contribution in [1.29, 1.82) is 0 Å². The molecule has 7 nitrogen and oxygen atoms in total. The lowest BCUT2D eigenvalue weighted by atomic mass is 10.0. The molecular formula is C17H22FN5O2. The molecular weight excluding hydrogens is 325 g/mol. The van der Waals surface area contributed by atoms with Gasteiger partial charge in [0, 0.05) is 37.2 Å². The molecule has 0 unspecified atom stereocenters. The van der Waals surface area contributed by atoms with Crippen LogP contribution >= 0.6 is 0 Å². The summed E-state index contributed by atoms with van der Waals surface area (Å²) in [7, 11) is 1.57. The highest BCUT2D eigenvalue weighted by Crippen LogP contribution is 2.26. The van der Waals surface area contributed by atoms with Crippen LogP contribution in [0.15, 0.2) is 24.4 Å². The Labute approximate surface area is 145 Å². The van der Waals surface area contributed by atoms with Gasteiger partial charge in [0.2, 0.25) is 0 Å². The van der Waals surface area contributed by atoms with Crippen molar-refractivity contribution in [1.82, 2.24) is 15.1 Å². The fraction of sp³-hybridized carbons (Fsp3) is 0.412. The highest BCUT2D eigenvalue weighted by atomic mass is 19.1. The maximum Gasteiger partial charge on any atom is 0.254 e. The minimum atomic E-state index is -0.489. The minimum Gasteiger partial charge on any atom is -0.496 e. The number of fused-ring (bicyclic) bond motifs is 1. The largest absolute Gasteiger partial charge is 0.496 e. The minimum absolute atomic E-state index is 0.0640. The Hall–Kier alpha value is -2.61. The molecule has 0 aliphatic carbocycles. The van der Waals surface area contributed by atoms with Gasteiger partial charge < -0.3 is 21.1 Å². The average molecular weight is 347 g/mol. The van der Waals surface area contributed by atoms with Crippen LogP contribution in [0.3, 0.4) is 0 Å². The second-order valence-electron chi connectivity index (χ2n) is 6.22. The summed E-state index contributed by atoms with van der Waals surface area (Å²) in [6, 6.07) is 4.44. The maximum atomic E-state index is 13.5. The van der Waals surface area contributed by atoms with Crippen LogP contribution in [0.4, 0.5) is 10.2 Å². The molecule has 1 aromatic heterocycles. The number of hydrogen-bond donors (Lipinski definition) is 3. The van der Waals surface area contributed by atoms with Crippen LogP contribution in [0.25, 0.3) is 0 Å². The zero-order valence-corrected chi connectivity index (χ0v) is 14.3. The predicted octanol–water partition coefficient (Wildman–Crippen LogP) is 1.52. The van der Waals surface area contributed by atoms with Gasteiger partial charge in [0.25, 0.3) is 5.91 Å². The summed E-state index contributed by atoms with van der Waals surface area (Å²) in [4.78, 5) is 11.3. The van der Waals surface area contributed by atoms with Crippen molar-refractivity contribution in [3.05, 3.63) is 41.3 Å². The van der Waals surface area contributed by atoms with Crippen molar-refractivity contribution in [3.63, 3.8) is 0 Å². The molecule has 8 heteroatoms. The highest BCUT2D eigenvalue weighted by molar-refractivity contribution is 5.97. The van der Waals surface area contributed by atoms with Crippen molar-refractivity contribution >= 4 is 11.7 Å². The summed E-state index contributed by atoms with van der Waals surface area (Å²) in [6.07, 6.45) is 1.49. The van der Waals surface area contributed by atoms with Gasteiger partial charge in [-0.05, 0) is 25.1 Å². The number of ether oxygens (including phenoxy) is 1. The number of aromatic nitrogens is 2. The Morgan fingerprint density at radius 1 is 1.60 bits per heavy atom. The van der Waals surface area contributed by atoms with E-state index in [1.165, 1.54) is 18.3 Å². The van der Waals surface area contributed by atoms with E-state index >= 15 is 0 Å². The van der Waals surface area contributed by atoms with Gasteiger partial charge in [-0.2, -0.15) is 5.10 Å². The molecule has 134 valence electrons. The molecule has 0 saturated carbocycles. The van der Waals surface area contributed by atoms with Crippen LogP contribution in [-0.4, -0.2) is 35.9 Å². The molecule has 25 heavy (non-hydrogen) atoms. The molecule has 2 aromatic rings. The number of amides is 1. The Balaban J connectivity index is 1.63. The standard InChI is InChI=1S/C17H22FN5O2/c1-10(13-5-12(18)3-4-15(13)25-2)20-6-11-7-21-17-14(16(19)24)8-22-23(17)9-11/h3-5,8,10-11,20-21H,6-7,9H2,1-2H3,(H2,19,24)/t10-,11-/m0/s1. The van der Waals surface area contributed by atoms with Crippen molar-refractivity contribution in [2.75, 3.05) is 25.5 Å². The van der Waals surface area contributed by atoms with Gasteiger partial charge in [-0.1, -0.05) is 0 Å². The van der Waals surface area contributed by atoms with Gasteiger partial charge in [-0.25, -0.2) is 9.07 Å². The SMILES string of the molecule is COc1ccc(F)cc1[C@H](C)NC[C@H]1CNc2c(C(N)=O)cnn2C1. The topological polar surface area (TPSA) is 94.2 Å². The number of methoxy groups -OCH3 is 1. The number of carbonyl (C=O) groups excluding carboxylic acids is 1. The first-order valence-electron chi connectivity index (χ1n) is 8.16. The lowest BCUT2D eigenvalue weighted by Crippen LogP contribution is -2.36. The van der Waals surface area contributed by atoms with Gasteiger partial charge in [0.1, 0.15) is 22.9 Å². The molecule has 0 saturated heterocycles. The summed E-state index contributed by atoms with van der Waals surface area (Å²) in [5, 5.41) is 10.8. The Kier molecular flexibility index (Phi) is 4.89. The van der Waals surface area contributed by atoms with Gasteiger partial charge in [0.15, 0.2) is 0 Å². The molecule has 4 N–H and O–H groups in total. The highest BCUT2D eigenvalue weighted by Gasteiger charge is 2.24. The van der Waals surface area contributed by atoms with Crippen molar-refractivity contribution in [3.8, 4) is 5.75 Å². The number of nitrogens with two attached hydrogens (primary N) is 1. The fourth-order valence-electron chi connectivity index (χ4n) is 3.07. The average Bonchev–Trinajstić information content (AvgIpc) is 3.03. The quantitative estimate of drug-likeness (QED) is 0.737. The molecule has 0 fully saturated rings. The third-order valence-electron chi connectivity index (χ3n) is 4.47. The Morgan fingerprint density at radius 2 is 2.40 bits per heavy atom. The number of carbonyl (C=O) groups is 1. The Morgan fingerprint density at radius 3 is 3.12 bits per heavy atom. The van der Waals surface area contributed by atoms with E-state index in [4.69, 9.17) is 10.5 Å². The molecule has 0 bridgehead atoms. The number of rotatable bonds is 6. The lowest BCUT2D eigenvalue weighted by Gasteiger charge is -2.27. The first-order chi connectivity index (χ1) is 12.0. The second-order valence-corrected chi connectivity index (χ2v) is 6.22. The lowest BCUT2D eigenvalue weighted by molar-refractivity contribution is 0.100. The first kappa shape index (κ1) is 17.2. The Bertz CT molecular complexity index is 776. The van der Waals surface area contributed by atoms with Gasteiger partial charge in [-0.15, -0.1) is 0 Å². The van der Waals surface area contributed by atoms with Crippen molar-refractivity contribution in [2.24, 2.45) is 11.7 Å². The molecule has 3 rings (SSSR count). The summed E-state index contributed by atoms with van der Waals surface area (Å²) in [6.45, 7) is 4.05. The number of primary amides is 1. The molecule has 2 heterocycles. The zero-order valence-electron chi connectivity index (χ0n) is 14.3. The monoisotopic (exact) mass is 347 g/mol. The molecule has 0 radical (unpaired) electrons. The number of hydrogen-bond acceptors (Lipinski definition) is 5. The van der Waals surface area contributed by atoms with E-state index in [9.17, 15) is 9.18 Å². The van der Waals surface area contributed by atoms with Crippen LogP contribution < -0.4 is 21.1 Å². The number of nitrogens with zero attached hydrogens (tertiary/aromatic N) is 2. The normalized spacial score (nSPS) is 17.5. The van der Waals surface area contributed by atoms with E-state index in [0.717, 1.165) is 5.56 Å². The van der Waals surface area contributed by atoms with E-state index in [2.05, 4.69) is 15.7 Å². The fourth-order valence-corrected chi connectivity index (χ4v) is 3.07. The molecule has 1 aromatic carbocycles. The van der Waals surface area contributed by atoms with E-state index in [1.54, 1.807) is 17.9 Å². The summed E-state index contributed by atoms with van der Waals surface area (Å²) < 4.78 is 20.6. The van der Waals surface area contributed by atoms with Gasteiger partial charge >= 0.3 is 0 Å². The summed E-state index contributed by atoms with van der Waals surface area (Å²) in [5.74, 6) is 0.823. The zero-order chi connectivity index (χ0) is 18.0. The summed E-state index contributed by atoms with van der Waals surface area (Å²) >= 11 is 0. The summed E-state index contributed by atoms with van der Waals surface area (Å²) in [5.41, 5.74) is 6.52.